The summed E-state index contributed by atoms with van der Waals surface area (Å²) in [6.45, 7) is 4.04. The van der Waals surface area contributed by atoms with Crippen molar-refractivity contribution in [3.8, 4) is 0 Å². The number of rotatable bonds is 10. The Kier molecular flexibility index (Phi) is 10.3. The fraction of sp³-hybridized carbons (Fsp3) is 0.500. The molecule has 1 rings (SSSR count). The number of nitrogens with two attached hydrogens (primary N) is 1. The monoisotopic (exact) mass is 380 g/mol. The Hall–Kier alpha value is -1.47. The van der Waals surface area contributed by atoms with Gasteiger partial charge in [-0.2, -0.15) is 0 Å². The average Bonchev–Trinajstić information content (AvgIpc) is 2.52. The third-order valence-corrected chi connectivity index (χ3v) is 5.36. The molecule has 1 aromatic carbocycles. The summed E-state index contributed by atoms with van der Waals surface area (Å²) in [5.74, 6) is 0.828. The van der Waals surface area contributed by atoms with Crippen molar-refractivity contribution in [1.29, 1.82) is 10.8 Å². The van der Waals surface area contributed by atoms with Crippen LogP contribution in [0.4, 0.5) is 0 Å². The molecule has 0 spiro atoms. The van der Waals surface area contributed by atoms with Gasteiger partial charge in [-0.15, -0.1) is 11.8 Å². The van der Waals surface area contributed by atoms with Crippen LogP contribution in [0.15, 0.2) is 24.3 Å². The maximum absolute atomic E-state index is 10.9. The largest absolute Gasteiger partial charge is 0.379 e. The predicted molar refractivity (Wildman–Crippen MR) is 111 cm³/mol. The van der Waals surface area contributed by atoms with E-state index < -0.39 is 0 Å². The van der Waals surface area contributed by atoms with Crippen molar-refractivity contribution < 1.29 is 4.79 Å². The van der Waals surface area contributed by atoms with Crippen LogP contribution in [-0.2, 0) is 17.6 Å². The van der Waals surface area contributed by atoms with E-state index in [-0.39, 0.29) is 11.1 Å². The maximum Gasteiger partial charge on any atom is 0.216 e. The molecule has 1 aromatic rings. The minimum atomic E-state index is 0.00552. The zero-order valence-electron chi connectivity index (χ0n) is 14.9. The number of benzene rings is 1. The van der Waals surface area contributed by atoms with Crippen molar-refractivity contribution >= 4 is 39.6 Å². The number of nitrogens with one attached hydrogen (secondary N) is 3. The number of aryl methyl sites for hydroxylation is 1. The second-order valence-corrected chi connectivity index (χ2v) is 8.56. The number of carbonyl (C=O) groups is 1. The number of amidine groups is 1. The lowest BCUT2D eigenvalue weighted by atomic mass is 10.0. The SMILES string of the molecule is CC(=N)S[C@H](CCCNC(C)=O)Cc1ccc(CCSC(=N)N)cc1. The number of amides is 1. The average molecular weight is 381 g/mol. The first kappa shape index (κ1) is 21.6. The standard InChI is InChI=1S/C18H28N4OS2/c1-13(19)25-17(4-3-10-22-14(2)23)12-16-7-5-15(6-8-16)9-11-24-18(20)21/h5-8,17,19H,3-4,9-12H2,1-2H3,(H3,20,21)(H,22,23)/t17-/m1/s1. The van der Waals surface area contributed by atoms with Gasteiger partial charge in [0.05, 0.1) is 5.04 Å². The highest BCUT2D eigenvalue weighted by molar-refractivity contribution is 8.14. The molecule has 0 radical (unpaired) electrons. The van der Waals surface area contributed by atoms with Crippen LogP contribution in [0.5, 0.6) is 0 Å². The Morgan fingerprint density at radius 1 is 1.20 bits per heavy atom. The molecule has 0 heterocycles. The van der Waals surface area contributed by atoms with E-state index >= 15 is 0 Å². The van der Waals surface area contributed by atoms with E-state index in [1.807, 2.05) is 6.92 Å². The minimum Gasteiger partial charge on any atom is -0.379 e. The van der Waals surface area contributed by atoms with E-state index in [2.05, 4.69) is 29.6 Å². The summed E-state index contributed by atoms with van der Waals surface area (Å²) in [6.07, 6.45) is 3.71. The molecule has 1 amide bonds. The van der Waals surface area contributed by atoms with E-state index in [0.717, 1.165) is 31.4 Å². The van der Waals surface area contributed by atoms with Gasteiger partial charge >= 0.3 is 0 Å². The van der Waals surface area contributed by atoms with Gasteiger partial charge in [0.25, 0.3) is 0 Å². The van der Waals surface area contributed by atoms with Crippen LogP contribution in [0.25, 0.3) is 0 Å². The van der Waals surface area contributed by atoms with Gasteiger partial charge in [-0.25, -0.2) is 0 Å². The Morgan fingerprint density at radius 3 is 2.40 bits per heavy atom. The highest BCUT2D eigenvalue weighted by atomic mass is 32.2. The molecule has 0 aliphatic heterocycles. The lowest BCUT2D eigenvalue weighted by Crippen LogP contribution is -2.22. The first-order valence-electron chi connectivity index (χ1n) is 8.37. The van der Waals surface area contributed by atoms with Crippen molar-refractivity contribution in [2.24, 2.45) is 5.73 Å². The van der Waals surface area contributed by atoms with Gasteiger partial charge in [-0.1, -0.05) is 36.0 Å². The third kappa shape index (κ3) is 10.9. The second kappa shape index (κ2) is 12.0. The van der Waals surface area contributed by atoms with Gasteiger partial charge < -0.3 is 11.1 Å². The fourth-order valence-electron chi connectivity index (χ4n) is 2.43. The molecule has 5 N–H and O–H groups in total. The maximum atomic E-state index is 10.9. The van der Waals surface area contributed by atoms with Crippen LogP contribution in [0.3, 0.4) is 0 Å². The van der Waals surface area contributed by atoms with E-state index in [4.69, 9.17) is 16.6 Å². The molecule has 138 valence electrons. The van der Waals surface area contributed by atoms with Gasteiger partial charge in [0.1, 0.15) is 0 Å². The number of hydrogen-bond acceptors (Lipinski definition) is 5. The summed E-state index contributed by atoms with van der Waals surface area (Å²) in [4.78, 5) is 10.9. The summed E-state index contributed by atoms with van der Waals surface area (Å²) in [5.41, 5.74) is 7.86. The smallest absolute Gasteiger partial charge is 0.216 e. The molecule has 0 saturated heterocycles. The highest BCUT2D eigenvalue weighted by Crippen LogP contribution is 2.22. The van der Waals surface area contributed by atoms with E-state index in [0.29, 0.717) is 16.8 Å². The van der Waals surface area contributed by atoms with E-state index in [9.17, 15) is 4.79 Å². The van der Waals surface area contributed by atoms with Gasteiger partial charge in [-0.3, -0.25) is 15.6 Å². The number of hydrogen-bond donors (Lipinski definition) is 4. The second-order valence-electron chi connectivity index (χ2n) is 5.90. The Bertz CT molecular complexity index is 575. The summed E-state index contributed by atoms with van der Waals surface area (Å²) < 4.78 is 0. The quantitative estimate of drug-likeness (QED) is 0.284. The zero-order valence-corrected chi connectivity index (χ0v) is 16.6. The summed E-state index contributed by atoms with van der Waals surface area (Å²) in [7, 11) is 0. The summed E-state index contributed by atoms with van der Waals surface area (Å²) in [6, 6.07) is 8.56. The van der Waals surface area contributed by atoms with Crippen molar-refractivity contribution in [3.05, 3.63) is 35.4 Å². The van der Waals surface area contributed by atoms with Gasteiger partial charge in [0.15, 0.2) is 5.17 Å². The van der Waals surface area contributed by atoms with Crippen LogP contribution < -0.4 is 11.1 Å². The molecule has 7 heteroatoms. The van der Waals surface area contributed by atoms with Crippen molar-refractivity contribution in [2.75, 3.05) is 12.3 Å². The first-order chi connectivity index (χ1) is 11.9. The van der Waals surface area contributed by atoms with Crippen LogP contribution in [0, 0.1) is 10.8 Å². The van der Waals surface area contributed by atoms with Crippen molar-refractivity contribution in [2.45, 2.75) is 44.8 Å². The van der Waals surface area contributed by atoms with E-state index in [1.54, 1.807) is 11.8 Å². The Balaban J connectivity index is 2.50. The fourth-order valence-corrected chi connectivity index (χ4v) is 4.05. The van der Waals surface area contributed by atoms with Crippen molar-refractivity contribution in [3.63, 3.8) is 0 Å². The molecule has 0 saturated carbocycles. The third-order valence-electron chi connectivity index (χ3n) is 3.55. The topological polar surface area (TPSA) is 103 Å². The molecule has 0 aliphatic carbocycles. The Labute approximate surface area is 158 Å². The number of thioether (sulfide) groups is 2. The van der Waals surface area contributed by atoms with Crippen LogP contribution >= 0.6 is 23.5 Å². The highest BCUT2D eigenvalue weighted by Gasteiger charge is 2.12. The molecular formula is C18H28N4OS2. The molecular weight excluding hydrogens is 352 g/mol. The van der Waals surface area contributed by atoms with Crippen molar-refractivity contribution in [1.82, 2.24) is 5.32 Å². The molecule has 0 unspecified atom stereocenters. The molecule has 0 aromatic heterocycles. The lowest BCUT2D eigenvalue weighted by molar-refractivity contribution is -0.118. The molecule has 0 aliphatic rings. The first-order valence-corrected chi connectivity index (χ1v) is 10.2. The minimum absolute atomic E-state index is 0.00552. The lowest BCUT2D eigenvalue weighted by Gasteiger charge is -2.16. The van der Waals surface area contributed by atoms with Gasteiger partial charge in [0, 0.05) is 24.5 Å². The molecule has 5 nitrogen and oxygen atoms in total. The summed E-state index contributed by atoms with van der Waals surface area (Å²) >= 11 is 2.97. The molecule has 25 heavy (non-hydrogen) atoms. The normalized spacial score (nSPS) is 11.8. The van der Waals surface area contributed by atoms with Crippen LogP contribution in [0.1, 0.15) is 37.8 Å². The number of carbonyl (C=O) groups excluding carboxylic acids is 1. The molecule has 0 bridgehead atoms. The predicted octanol–water partition coefficient (Wildman–Crippen LogP) is 3.41. The molecule has 1 atom stereocenters. The van der Waals surface area contributed by atoms with Gasteiger partial charge in [-0.05, 0) is 43.7 Å². The van der Waals surface area contributed by atoms with Crippen LogP contribution in [-0.4, -0.2) is 33.7 Å². The Morgan fingerprint density at radius 2 is 1.84 bits per heavy atom. The molecule has 0 fully saturated rings. The zero-order chi connectivity index (χ0) is 18.7. The van der Waals surface area contributed by atoms with E-state index in [1.165, 1.54) is 29.8 Å². The summed E-state index contributed by atoms with van der Waals surface area (Å²) in [5, 5.41) is 18.9. The van der Waals surface area contributed by atoms with Crippen LogP contribution in [0.2, 0.25) is 0 Å². The van der Waals surface area contributed by atoms with Gasteiger partial charge in [0.2, 0.25) is 5.91 Å².